The fourth-order valence-electron chi connectivity index (χ4n) is 4.49. The predicted molar refractivity (Wildman–Crippen MR) is 158 cm³/mol. The first kappa shape index (κ1) is 27.6. The zero-order valence-corrected chi connectivity index (χ0v) is 24.1. The normalized spacial score (nSPS) is 14.3. The van der Waals surface area contributed by atoms with Crippen LogP contribution >= 0.6 is 21.6 Å². The molecule has 1 aliphatic rings. The number of aliphatic carboxylic acids is 1. The first-order valence-electron chi connectivity index (χ1n) is 13.0. The van der Waals surface area contributed by atoms with Crippen molar-refractivity contribution in [1.82, 2.24) is 14.3 Å². The maximum absolute atomic E-state index is 12.9. The summed E-state index contributed by atoms with van der Waals surface area (Å²) in [6.07, 6.45) is 8.73. The fraction of sp³-hybridized carbons (Fsp3) is 0.414. The van der Waals surface area contributed by atoms with Crippen LogP contribution in [0.5, 0.6) is 5.75 Å². The first-order chi connectivity index (χ1) is 18.6. The number of carboxylic acid groups (broad SMARTS) is 1. The van der Waals surface area contributed by atoms with E-state index in [9.17, 15) is 14.7 Å². The number of halogens is 1. The topological polar surface area (TPSA) is 95.6 Å². The Balaban J connectivity index is 1.55. The van der Waals surface area contributed by atoms with Crippen LogP contribution < -0.4 is 10.2 Å². The lowest BCUT2D eigenvalue weighted by Crippen LogP contribution is -2.23. The van der Waals surface area contributed by atoms with Crippen molar-refractivity contribution in [3.8, 4) is 5.75 Å². The summed E-state index contributed by atoms with van der Waals surface area (Å²) in [7, 11) is -0.695. The fourth-order valence-corrected chi connectivity index (χ4v) is 5.34. The minimum Gasteiger partial charge on any atom is -0.492 e. The number of hydrogen-bond acceptors (Lipinski definition) is 5. The van der Waals surface area contributed by atoms with Crippen molar-refractivity contribution in [3.63, 3.8) is 0 Å². The summed E-state index contributed by atoms with van der Waals surface area (Å²) >= 11 is 6.60. The highest BCUT2D eigenvalue weighted by Crippen LogP contribution is 2.36. The van der Waals surface area contributed by atoms with E-state index < -0.39 is 22.4 Å². The third-order valence-corrected chi connectivity index (χ3v) is 8.52. The summed E-state index contributed by atoms with van der Waals surface area (Å²) in [5.74, 6) is 1.14. The molecule has 0 spiro atoms. The van der Waals surface area contributed by atoms with Crippen molar-refractivity contribution in [3.05, 3.63) is 69.1 Å². The Labute approximate surface area is 233 Å². The van der Waals surface area contributed by atoms with Crippen molar-refractivity contribution in [2.24, 2.45) is 5.92 Å². The maximum atomic E-state index is 12.9. The highest BCUT2D eigenvalue weighted by molar-refractivity contribution is 8.32. The number of hydrogen-bond donors (Lipinski definition) is 1. The minimum atomic E-state index is -1.10. The van der Waals surface area contributed by atoms with Gasteiger partial charge in [0.2, 0.25) is 5.43 Å². The van der Waals surface area contributed by atoms with Gasteiger partial charge in [0, 0.05) is 28.3 Å². The largest absolute Gasteiger partial charge is 0.492 e. The molecule has 0 atom stereocenters. The molecule has 0 saturated heterocycles. The van der Waals surface area contributed by atoms with Gasteiger partial charge in [0.1, 0.15) is 18.2 Å². The van der Waals surface area contributed by atoms with Gasteiger partial charge in [0.05, 0.1) is 42.2 Å². The molecule has 1 fully saturated rings. The number of carboxylic acids is 1. The molecule has 8 nitrogen and oxygen atoms in total. The maximum Gasteiger partial charge on any atom is 0.309 e. The van der Waals surface area contributed by atoms with Crippen LogP contribution in [0.25, 0.3) is 21.8 Å². The number of benzene rings is 2. The Morgan fingerprint density at radius 1 is 1.15 bits per heavy atom. The average molecular weight is 572 g/mol. The van der Waals surface area contributed by atoms with Gasteiger partial charge in [0.15, 0.2) is 0 Å². The van der Waals surface area contributed by atoms with Crippen LogP contribution in [0.2, 0.25) is 5.02 Å². The van der Waals surface area contributed by atoms with Crippen molar-refractivity contribution in [1.29, 1.82) is 0 Å². The van der Waals surface area contributed by atoms with Gasteiger partial charge < -0.3 is 19.1 Å². The Kier molecular flexibility index (Phi) is 7.94. The van der Waals surface area contributed by atoms with Crippen LogP contribution in [-0.4, -0.2) is 63.2 Å². The molecule has 0 unspecified atom stereocenters. The van der Waals surface area contributed by atoms with E-state index in [0.29, 0.717) is 54.1 Å². The second-order valence-corrected chi connectivity index (χ2v) is 16.0. The lowest BCUT2D eigenvalue weighted by Gasteiger charge is -2.25. The van der Waals surface area contributed by atoms with E-state index in [1.54, 1.807) is 16.8 Å². The van der Waals surface area contributed by atoms with E-state index in [1.165, 1.54) is 12.8 Å². The lowest BCUT2D eigenvalue weighted by molar-refractivity contribution is -0.136. The second-order valence-electron chi connectivity index (χ2n) is 11.0. The summed E-state index contributed by atoms with van der Waals surface area (Å²) in [5.41, 5.74) is 2.11. The molecular formula is C29H34ClN3O5S. The van der Waals surface area contributed by atoms with E-state index >= 15 is 0 Å². The van der Waals surface area contributed by atoms with E-state index in [0.717, 1.165) is 22.3 Å². The standard InChI is InChI=1S/C29H34ClN3O5S/c1-39(2,3)11-10-37-18-32-21(12-20-13-23(30)27(15-26(20)32)38-17-19-8-9-19)16-33-25-7-5-4-6-22(25)29(36)24(31-33)14-28(34)35/h4-7,12-13,15,19H,8-11,14,16-18H2,1-3H3,(H,34,35). The minimum absolute atomic E-state index is 0.00655. The highest BCUT2D eigenvalue weighted by atomic mass is 35.5. The molecule has 10 heteroatoms. The van der Waals surface area contributed by atoms with Gasteiger partial charge >= 0.3 is 5.97 Å². The van der Waals surface area contributed by atoms with Crippen molar-refractivity contribution in [2.45, 2.75) is 32.5 Å². The van der Waals surface area contributed by atoms with E-state index in [-0.39, 0.29) is 11.1 Å². The second kappa shape index (κ2) is 11.2. The molecule has 0 aliphatic heterocycles. The van der Waals surface area contributed by atoms with Crippen LogP contribution in [0.3, 0.4) is 0 Å². The molecule has 0 bridgehead atoms. The van der Waals surface area contributed by atoms with Crippen molar-refractivity contribution in [2.75, 3.05) is 37.7 Å². The Morgan fingerprint density at radius 3 is 2.64 bits per heavy atom. The molecule has 2 aromatic carbocycles. The molecule has 2 heterocycles. The number of ether oxygens (including phenoxy) is 2. The van der Waals surface area contributed by atoms with Crippen LogP contribution in [0.15, 0.2) is 47.3 Å². The molecule has 39 heavy (non-hydrogen) atoms. The van der Waals surface area contributed by atoms with Gasteiger partial charge in [-0.1, -0.05) is 23.7 Å². The van der Waals surface area contributed by atoms with Gasteiger partial charge in [-0.25, -0.2) is 10.0 Å². The summed E-state index contributed by atoms with van der Waals surface area (Å²) in [4.78, 5) is 24.4. The number of carbonyl (C=O) groups is 1. The molecule has 208 valence electrons. The molecule has 1 aliphatic carbocycles. The third kappa shape index (κ3) is 6.59. The van der Waals surface area contributed by atoms with Crippen LogP contribution in [0, 0.1) is 5.92 Å². The number of aromatic nitrogens is 3. The molecule has 0 radical (unpaired) electrons. The van der Waals surface area contributed by atoms with Crippen LogP contribution in [-0.2, 0) is 29.2 Å². The van der Waals surface area contributed by atoms with Gasteiger partial charge in [-0.15, -0.1) is 0 Å². The average Bonchev–Trinajstić information content (AvgIpc) is 3.64. The van der Waals surface area contributed by atoms with Crippen LogP contribution in [0.1, 0.15) is 24.2 Å². The Morgan fingerprint density at radius 2 is 1.92 bits per heavy atom. The monoisotopic (exact) mass is 571 g/mol. The van der Waals surface area contributed by atoms with E-state index in [4.69, 9.17) is 21.1 Å². The van der Waals surface area contributed by atoms with Gasteiger partial charge in [-0.3, -0.25) is 14.3 Å². The van der Waals surface area contributed by atoms with Crippen LogP contribution in [0.4, 0.5) is 0 Å². The van der Waals surface area contributed by atoms with Crippen molar-refractivity contribution >= 4 is 49.4 Å². The number of rotatable bonds is 12. The summed E-state index contributed by atoms with van der Waals surface area (Å²) in [6.45, 7) is 1.94. The quantitative estimate of drug-likeness (QED) is 0.237. The predicted octanol–water partition coefficient (Wildman–Crippen LogP) is 5.14. The molecule has 5 rings (SSSR count). The zero-order chi connectivity index (χ0) is 27.7. The van der Waals surface area contributed by atoms with E-state index in [2.05, 4.69) is 28.4 Å². The summed E-state index contributed by atoms with van der Waals surface area (Å²) in [6, 6.07) is 13.1. The van der Waals surface area contributed by atoms with Gasteiger partial charge in [-0.05, 0) is 61.8 Å². The Bertz CT molecular complexity index is 1590. The molecular weight excluding hydrogens is 538 g/mol. The van der Waals surface area contributed by atoms with E-state index in [1.807, 2.05) is 30.3 Å². The number of para-hydroxylation sites is 1. The Hall–Kier alpha value is -3.01. The number of fused-ring (bicyclic) bond motifs is 2. The SMILES string of the molecule is CS(C)(C)CCOCn1c(Cn2nc(CC(=O)O)c(=O)c3ccccc32)cc2cc(Cl)c(OCC3CC3)cc21. The lowest BCUT2D eigenvalue weighted by atomic mass is 10.1. The highest BCUT2D eigenvalue weighted by Gasteiger charge is 2.23. The number of nitrogens with zero attached hydrogens (tertiary/aromatic N) is 3. The summed E-state index contributed by atoms with van der Waals surface area (Å²) < 4.78 is 16.0. The zero-order valence-electron chi connectivity index (χ0n) is 22.5. The molecule has 1 saturated carbocycles. The third-order valence-electron chi connectivity index (χ3n) is 6.83. The van der Waals surface area contributed by atoms with Gasteiger partial charge in [-0.2, -0.15) is 5.10 Å². The first-order valence-corrected chi connectivity index (χ1v) is 16.4. The van der Waals surface area contributed by atoms with Gasteiger partial charge in [0.25, 0.3) is 0 Å². The smallest absolute Gasteiger partial charge is 0.309 e. The molecule has 2 aromatic heterocycles. The molecule has 4 aromatic rings. The summed E-state index contributed by atoms with van der Waals surface area (Å²) in [5, 5.41) is 15.8. The van der Waals surface area contributed by atoms with Crippen molar-refractivity contribution < 1.29 is 19.4 Å². The molecule has 1 N–H and O–H groups in total. The molecule has 0 amide bonds.